The maximum atomic E-state index is 11.9. The highest BCUT2D eigenvalue weighted by atomic mass is 35.5. The van der Waals surface area contributed by atoms with Crippen molar-refractivity contribution in [2.75, 3.05) is 11.6 Å². The van der Waals surface area contributed by atoms with Gasteiger partial charge in [0.1, 0.15) is 5.75 Å². The number of hydrogen-bond donors (Lipinski definition) is 1. The van der Waals surface area contributed by atoms with Gasteiger partial charge in [0, 0.05) is 17.6 Å². The lowest BCUT2D eigenvalue weighted by Crippen LogP contribution is -2.17. The summed E-state index contributed by atoms with van der Waals surface area (Å²) in [7, 11) is 0. The van der Waals surface area contributed by atoms with Gasteiger partial charge in [0.2, 0.25) is 0 Å². The number of nitrogen functional groups attached to an aromatic ring is 1. The number of alkyl halides is 4. The average molecular weight is 252 g/mol. The minimum absolute atomic E-state index is 0.197. The minimum Gasteiger partial charge on any atom is -0.406 e. The van der Waals surface area contributed by atoms with Gasteiger partial charge in [-0.1, -0.05) is 12.2 Å². The topological polar surface area (TPSA) is 35.2 Å². The number of rotatable bonds is 3. The molecule has 0 bridgehead atoms. The van der Waals surface area contributed by atoms with E-state index in [9.17, 15) is 13.2 Å². The fourth-order valence-electron chi connectivity index (χ4n) is 1.07. The molecule has 0 radical (unpaired) electrons. The van der Waals surface area contributed by atoms with E-state index in [1.165, 1.54) is 12.1 Å². The summed E-state index contributed by atoms with van der Waals surface area (Å²) in [4.78, 5) is 0. The molecule has 0 saturated carbocycles. The van der Waals surface area contributed by atoms with Gasteiger partial charge in [0.15, 0.2) is 0 Å². The number of anilines is 1. The Labute approximate surface area is 95.5 Å². The molecule has 0 aromatic heterocycles. The van der Waals surface area contributed by atoms with E-state index in [2.05, 4.69) is 4.74 Å². The predicted octanol–water partition coefficient (Wildman–Crippen LogP) is 3.42. The van der Waals surface area contributed by atoms with Crippen LogP contribution in [0.15, 0.2) is 24.3 Å². The van der Waals surface area contributed by atoms with Crippen LogP contribution in [-0.4, -0.2) is 12.2 Å². The lowest BCUT2D eigenvalue weighted by Gasteiger charge is -2.10. The van der Waals surface area contributed by atoms with E-state index in [1.807, 2.05) is 0 Å². The maximum absolute atomic E-state index is 11.9. The van der Waals surface area contributed by atoms with Crippen LogP contribution in [0.25, 0.3) is 6.08 Å². The first-order valence-corrected chi connectivity index (χ1v) is 4.83. The Kier molecular flexibility index (Phi) is 4.06. The third-order valence-electron chi connectivity index (χ3n) is 1.68. The normalized spacial score (nSPS) is 12.0. The van der Waals surface area contributed by atoms with E-state index < -0.39 is 6.36 Å². The van der Waals surface area contributed by atoms with Crippen LogP contribution in [0.3, 0.4) is 0 Å². The summed E-state index contributed by atoms with van der Waals surface area (Å²) in [6.45, 7) is 0. The fraction of sp³-hybridized carbons (Fsp3) is 0.200. The zero-order valence-corrected chi connectivity index (χ0v) is 8.85. The van der Waals surface area contributed by atoms with Crippen LogP contribution in [0.2, 0.25) is 0 Å². The average Bonchev–Trinajstić information content (AvgIpc) is 2.14. The van der Waals surface area contributed by atoms with Crippen molar-refractivity contribution in [3.05, 3.63) is 29.8 Å². The SMILES string of the molecule is Nc1cc(OC(F)(F)F)ccc1C=CCCl. The van der Waals surface area contributed by atoms with Gasteiger partial charge in [-0.3, -0.25) is 0 Å². The molecular weight excluding hydrogens is 243 g/mol. The molecule has 0 spiro atoms. The Morgan fingerprint density at radius 1 is 1.38 bits per heavy atom. The molecule has 0 aliphatic carbocycles. The number of hydrogen-bond acceptors (Lipinski definition) is 2. The van der Waals surface area contributed by atoms with Crippen molar-refractivity contribution < 1.29 is 17.9 Å². The molecular formula is C10H9ClF3NO. The van der Waals surface area contributed by atoms with Gasteiger partial charge in [-0.2, -0.15) is 0 Å². The lowest BCUT2D eigenvalue weighted by atomic mass is 10.1. The van der Waals surface area contributed by atoms with Crippen molar-refractivity contribution in [1.82, 2.24) is 0 Å². The zero-order chi connectivity index (χ0) is 12.2. The number of benzene rings is 1. The number of nitrogens with two attached hydrogens (primary N) is 1. The monoisotopic (exact) mass is 251 g/mol. The largest absolute Gasteiger partial charge is 0.573 e. The van der Waals surface area contributed by atoms with Gasteiger partial charge in [-0.15, -0.1) is 24.8 Å². The second-order valence-corrected chi connectivity index (χ2v) is 3.20. The zero-order valence-electron chi connectivity index (χ0n) is 8.09. The van der Waals surface area contributed by atoms with Crippen molar-refractivity contribution in [2.24, 2.45) is 0 Å². The molecule has 0 aliphatic heterocycles. The van der Waals surface area contributed by atoms with Gasteiger partial charge in [-0.05, 0) is 17.7 Å². The van der Waals surface area contributed by atoms with Crippen molar-refractivity contribution in [3.63, 3.8) is 0 Å². The molecule has 16 heavy (non-hydrogen) atoms. The van der Waals surface area contributed by atoms with E-state index in [1.54, 1.807) is 12.2 Å². The van der Waals surface area contributed by atoms with Crippen LogP contribution in [0.4, 0.5) is 18.9 Å². The predicted molar refractivity (Wildman–Crippen MR) is 57.3 cm³/mol. The van der Waals surface area contributed by atoms with Gasteiger partial charge in [-0.25, -0.2) is 0 Å². The molecule has 0 fully saturated rings. The molecule has 1 rings (SSSR count). The second-order valence-electron chi connectivity index (χ2n) is 2.90. The maximum Gasteiger partial charge on any atom is 0.573 e. The standard InChI is InChI=1S/C10H9ClF3NO/c11-5-1-2-7-3-4-8(6-9(7)15)16-10(12,13)14/h1-4,6H,5,15H2. The Hall–Kier alpha value is -1.36. The van der Waals surface area contributed by atoms with Crippen LogP contribution in [0, 0.1) is 0 Å². The third-order valence-corrected chi connectivity index (χ3v) is 1.86. The molecule has 2 N–H and O–H groups in total. The Balaban J connectivity index is 2.87. The number of allylic oxidation sites excluding steroid dienone is 1. The van der Waals surface area contributed by atoms with Gasteiger partial charge in [0.05, 0.1) is 0 Å². The molecule has 2 nitrogen and oxygen atoms in total. The molecule has 0 unspecified atom stereocenters. The Morgan fingerprint density at radius 2 is 2.06 bits per heavy atom. The second kappa shape index (κ2) is 5.12. The van der Waals surface area contributed by atoms with Crippen molar-refractivity contribution in [2.45, 2.75) is 6.36 Å². The fourth-order valence-corrected chi connectivity index (χ4v) is 1.16. The highest BCUT2D eigenvalue weighted by Crippen LogP contribution is 2.26. The molecule has 1 aromatic carbocycles. The summed E-state index contributed by atoms with van der Waals surface area (Å²) in [6.07, 6.45) is -1.45. The van der Waals surface area contributed by atoms with Gasteiger partial charge >= 0.3 is 6.36 Å². The molecule has 0 atom stereocenters. The summed E-state index contributed by atoms with van der Waals surface area (Å²) in [5.41, 5.74) is 6.33. The summed E-state index contributed by atoms with van der Waals surface area (Å²) in [5.74, 6) is -0.0340. The van der Waals surface area contributed by atoms with E-state index in [-0.39, 0.29) is 11.4 Å². The first-order valence-electron chi connectivity index (χ1n) is 4.30. The molecule has 88 valence electrons. The summed E-state index contributed by atoms with van der Waals surface area (Å²) in [6, 6.07) is 3.73. The van der Waals surface area contributed by atoms with Gasteiger partial charge < -0.3 is 10.5 Å². The van der Waals surface area contributed by atoms with E-state index in [0.717, 1.165) is 6.07 Å². The molecule has 0 amide bonds. The van der Waals surface area contributed by atoms with Crippen molar-refractivity contribution >= 4 is 23.4 Å². The molecule has 0 saturated heterocycles. The summed E-state index contributed by atoms with van der Waals surface area (Å²) >= 11 is 5.42. The van der Waals surface area contributed by atoms with E-state index in [4.69, 9.17) is 17.3 Å². The summed E-state index contributed by atoms with van der Waals surface area (Å²) in [5, 5.41) is 0. The molecule has 0 aliphatic rings. The first kappa shape index (κ1) is 12.7. The Bertz CT molecular complexity index is 390. The molecule has 1 aromatic rings. The van der Waals surface area contributed by atoms with Crippen molar-refractivity contribution in [1.29, 1.82) is 0 Å². The van der Waals surface area contributed by atoms with E-state index >= 15 is 0 Å². The highest BCUT2D eigenvalue weighted by Gasteiger charge is 2.31. The van der Waals surface area contributed by atoms with Crippen LogP contribution in [0.5, 0.6) is 5.75 Å². The van der Waals surface area contributed by atoms with E-state index in [0.29, 0.717) is 11.4 Å². The van der Waals surface area contributed by atoms with Crippen LogP contribution in [0.1, 0.15) is 5.56 Å². The smallest absolute Gasteiger partial charge is 0.406 e. The number of ether oxygens (including phenoxy) is 1. The summed E-state index contributed by atoms with van der Waals surface area (Å²) < 4.78 is 39.4. The quantitative estimate of drug-likeness (QED) is 0.660. The van der Waals surface area contributed by atoms with Gasteiger partial charge in [0.25, 0.3) is 0 Å². The van der Waals surface area contributed by atoms with Crippen LogP contribution < -0.4 is 10.5 Å². The Morgan fingerprint density at radius 3 is 2.56 bits per heavy atom. The third kappa shape index (κ3) is 4.02. The minimum atomic E-state index is -4.71. The molecule has 0 heterocycles. The lowest BCUT2D eigenvalue weighted by molar-refractivity contribution is -0.274. The highest BCUT2D eigenvalue weighted by molar-refractivity contribution is 6.19. The number of halogens is 4. The van der Waals surface area contributed by atoms with Crippen LogP contribution >= 0.6 is 11.6 Å². The van der Waals surface area contributed by atoms with Crippen LogP contribution in [-0.2, 0) is 0 Å². The first-order chi connectivity index (χ1) is 7.42. The van der Waals surface area contributed by atoms with Crippen molar-refractivity contribution in [3.8, 4) is 5.75 Å². The molecule has 6 heteroatoms.